The van der Waals surface area contributed by atoms with E-state index in [1.165, 1.54) is 6.20 Å². The van der Waals surface area contributed by atoms with Crippen molar-refractivity contribution in [3.05, 3.63) is 29.6 Å². The van der Waals surface area contributed by atoms with Gasteiger partial charge >= 0.3 is 5.97 Å². The fraction of sp³-hybridized carbons (Fsp3) is 0.400. The highest BCUT2D eigenvalue weighted by molar-refractivity contribution is 5.74. The number of aromatic nitrogens is 1. The summed E-state index contributed by atoms with van der Waals surface area (Å²) in [5.74, 6) is -1.09. The van der Waals surface area contributed by atoms with Crippen LogP contribution < -0.4 is 0 Å². The molecule has 0 spiro atoms. The van der Waals surface area contributed by atoms with Gasteiger partial charge in [-0.25, -0.2) is 4.79 Å². The van der Waals surface area contributed by atoms with Crippen LogP contribution in [0.4, 0.5) is 0 Å². The first-order valence-electron chi connectivity index (χ1n) is 4.53. The summed E-state index contributed by atoms with van der Waals surface area (Å²) in [6.45, 7) is 1.60. The van der Waals surface area contributed by atoms with Gasteiger partial charge in [-0.05, 0) is 13.0 Å². The van der Waals surface area contributed by atoms with E-state index < -0.39 is 12.1 Å². The van der Waals surface area contributed by atoms with Gasteiger partial charge in [0.15, 0.2) is 6.10 Å². The van der Waals surface area contributed by atoms with Crippen LogP contribution in [0.15, 0.2) is 18.3 Å². The maximum absolute atomic E-state index is 10.9. The van der Waals surface area contributed by atoms with Crippen LogP contribution in [-0.2, 0) is 9.53 Å². The molecule has 0 fully saturated rings. The van der Waals surface area contributed by atoms with Crippen molar-refractivity contribution in [1.29, 1.82) is 0 Å². The van der Waals surface area contributed by atoms with Crippen molar-refractivity contribution < 1.29 is 19.7 Å². The minimum absolute atomic E-state index is 0.00908. The quantitative estimate of drug-likeness (QED) is 0.742. The van der Waals surface area contributed by atoms with Crippen molar-refractivity contribution in [3.63, 3.8) is 0 Å². The standard InChI is InChI=1S/C10H13NO4/c1-7-2-3-8(6-11-7)9(10(13)14)15-5-4-12/h2-3,6,9,12H,4-5H2,1H3,(H,13,14). The van der Waals surface area contributed by atoms with Gasteiger partial charge in [0.25, 0.3) is 0 Å². The van der Waals surface area contributed by atoms with Gasteiger partial charge in [0.05, 0.1) is 13.2 Å². The maximum Gasteiger partial charge on any atom is 0.337 e. The summed E-state index contributed by atoms with van der Waals surface area (Å²) in [5, 5.41) is 17.4. The molecular weight excluding hydrogens is 198 g/mol. The Balaban J connectivity index is 2.79. The minimum atomic E-state index is -1.09. The van der Waals surface area contributed by atoms with E-state index in [0.717, 1.165) is 5.69 Å². The first kappa shape index (κ1) is 11.6. The van der Waals surface area contributed by atoms with Crippen LogP contribution in [0.5, 0.6) is 0 Å². The molecule has 5 nitrogen and oxygen atoms in total. The average Bonchev–Trinajstić information content (AvgIpc) is 2.21. The summed E-state index contributed by atoms with van der Waals surface area (Å²) < 4.78 is 4.99. The second-order valence-corrected chi connectivity index (χ2v) is 3.05. The lowest BCUT2D eigenvalue weighted by molar-refractivity contribution is -0.151. The fourth-order valence-electron chi connectivity index (χ4n) is 1.11. The number of carbonyl (C=O) groups is 1. The molecule has 0 aliphatic heterocycles. The lowest BCUT2D eigenvalue weighted by Gasteiger charge is -2.12. The van der Waals surface area contributed by atoms with Gasteiger partial charge in [-0.15, -0.1) is 0 Å². The molecule has 1 aromatic rings. The smallest absolute Gasteiger partial charge is 0.337 e. The van der Waals surface area contributed by atoms with E-state index in [1.807, 2.05) is 6.92 Å². The number of aliphatic hydroxyl groups is 1. The number of aliphatic hydroxyl groups excluding tert-OH is 1. The van der Waals surface area contributed by atoms with Crippen molar-refractivity contribution in [1.82, 2.24) is 4.98 Å². The zero-order valence-corrected chi connectivity index (χ0v) is 8.38. The summed E-state index contributed by atoms with van der Waals surface area (Å²) in [6, 6.07) is 3.37. The van der Waals surface area contributed by atoms with Gasteiger partial charge in [0.1, 0.15) is 0 Å². The van der Waals surface area contributed by atoms with Crippen LogP contribution in [0.2, 0.25) is 0 Å². The lowest BCUT2D eigenvalue weighted by Crippen LogP contribution is -2.17. The number of hydrogen-bond donors (Lipinski definition) is 2. The van der Waals surface area contributed by atoms with Gasteiger partial charge in [-0.2, -0.15) is 0 Å². The minimum Gasteiger partial charge on any atom is -0.479 e. The number of hydrogen-bond acceptors (Lipinski definition) is 4. The van der Waals surface area contributed by atoms with Crippen molar-refractivity contribution in [3.8, 4) is 0 Å². The van der Waals surface area contributed by atoms with E-state index in [0.29, 0.717) is 5.56 Å². The third kappa shape index (κ3) is 3.30. The van der Waals surface area contributed by atoms with E-state index in [-0.39, 0.29) is 13.2 Å². The summed E-state index contributed by atoms with van der Waals surface area (Å²) in [7, 11) is 0. The van der Waals surface area contributed by atoms with Gasteiger partial charge in [0, 0.05) is 17.5 Å². The van der Waals surface area contributed by atoms with Gasteiger partial charge in [-0.1, -0.05) is 6.07 Å². The van der Waals surface area contributed by atoms with E-state index in [1.54, 1.807) is 12.1 Å². The van der Waals surface area contributed by atoms with Crippen LogP contribution >= 0.6 is 0 Å². The predicted octanol–water partition coefficient (Wildman–Crippen LogP) is 0.525. The number of aliphatic carboxylic acids is 1. The molecule has 1 rings (SSSR count). The maximum atomic E-state index is 10.9. The molecule has 0 bridgehead atoms. The molecule has 0 saturated carbocycles. The highest BCUT2D eigenvalue weighted by Crippen LogP contribution is 2.16. The number of nitrogens with zero attached hydrogens (tertiary/aromatic N) is 1. The summed E-state index contributed by atoms with van der Waals surface area (Å²) >= 11 is 0. The second-order valence-electron chi connectivity index (χ2n) is 3.05. The molecule has 0 aliphatic carbocycles. The van der Waals surface area contributed by atoms with Gasteiger partial charge in [-0.3, -0.25) is 4.98 Å². The van der Waals surface area contributed by atoms with E-state index in [4.69, 9.17) is 14.9 Å². The van der Waals surface area contributed by atoms with Crippen molar-refractivity contribution in [2.45, 2.75) is 13.0 Å². The first-order chi connectivity index (χ1) is 7.15. The highest BCUT2D eigenvalue weighted by atomic mass is 16.5. The molecule has 1 aromatic heterocycles. The molecule has 1 atom stereocenters. The van der Waals surface area contributed by atoms with Gasteiger partial charge < -0.3 is 14.9 Å². The Morgan fingerprint density at radius 2 is 2.33 bits per heavy atom. The molecule has 0 aliphatic rings. The monoisotopic (exact) mass is 211 g/mol. The van der Waals surface area contributed by atoms with Crippen molar-refractivity contribution >= 4 is 5.97 Å². The third-order valence-corrected chi connectivity index (χ3v) is 1.84. The Morgan fingerprint density at radius 3 is 2.80 bits per heavy atom. The second kappa shape index (κ2) is 5.43. The zero-order chi connectivity index (χ0) is 11.3. The number of aryl methyl sites for hydroxylation is 1. The molecule has 0 aromatic carbocycles. The largest absolute Gasteiger partial charge is 0.479 e. The lowest BCUT2D eigenvalue weighted by atomic mass is 10.1. The fourth-order valence-corrected chi connectivity index (χ4v) is 1.11. The molecule has 15 heavy (non-hydrogen) atoms. The van der Waals surface area contributed by atoms with Crippen LogP contribution in [0.25, 0.3) is 0 Å². The number of rotatable bonds is 5. The van der Waals surface area contributed by atoms with Crippen LogP contribution in [0.1, 0.15) is 17.4 Å². The number of ether oxygens (including phenoxy) is 1. The molecule has 5 heteroatoms. The van der Waals surface area contributed by atoms with Crippen LogP contribution in [0, 0.1) is 6.92 Å². The highest BCUT2D eigenvalue weighted by Gasteiger charge is 2.20. The zero-order valence-electron chi connectivity index (χ0n) is 8.38. The number of pyridine rings is 1. The molecular formula is C10H13NO4. The summed E-state index contributed by atoms with van der Waals surface area (Å²) in [5.41, 5.74) is 1.28. The predicted molar refractivity (Wildman–Crippen MR) is 52.4 cm³/mol. The molecule has 82 valence electrons. The average molecular weight is 211 g/mol. The van der Waals surface area contributed by atoms with Crippen LogP contribution in [0.3, 0.4) is 0 Å². The Hall–Kier alpha value is -1.46. The Morgan fingerprint density at radius 1 is 1.60 bits per heavy atom. The normalized spacial score (nSPS) is 12.4. The van der Waals surface area contributed by atoms with Crippen molar-refractivity contribution in [2.24, 2.45) is 0 Å². The SMILES string of the molecule is Cc1ccc(C(OCCO)C(=O)O)cn1. The van der Waals surface area contributed by atoms with E-state index in [2.05, 4.69) is 4.98 Å². The molecule has 0 radical (unpaired) electrons. The van der Waals surface area contributed by atoms with Crippen LogP contribution in [-0.4, -0.2) is 34.4 Å². The van der Waals surface area contributed by atoms with Gasteiger partial charge in [0.2, 0.25) is 0 Å². The third-order valence-electron chi connectivity index (χ3n) is 1.84. The summed E-state index contributed by atoms with van der Waals surface area (Å²) in [4.78, 5) is 14.8. The van der Waals surface area contributed by atoms with Crippen molar-refractivity contribution in [2.75, 3.05) is 13.2 Å². The Bertz CT molecular complexity index is 323. The van der Waals surface area contributed by atoms with E-state index in [9.17, 15) is 4.79 Å². The number of carboxylic acids is 1. The molecule has 2 N–H and O–H groups in total. The van der Waals surface area contributed by atoms with E-state index >= 15 is 0 Å². The molecule has 0 amide bonds. The first-order valence-corrected chi connectivity index (χ1v) is 4.53. The molecule has 1 unspecified atom stereocenters. The Labute approximate surface area is 87.3 Å². The Kier molecular flexibility index (Phi) is 4.20. The molecule has 0 saturated heterocycles. The summed E-state index contributed by atoms with van der Waals surface area (Å²) in [6.07, 6.45) is 0.399. The molecule has 1 heterocycles. The number of carboxylic acid groups (broad SMARTS) is 1. The topological polar surface area (TPSA) is 79.7 Å².